The number of nitrogens with zero attached hydrogens (tertiary/aromatic N) is 1. The van der Waals surface area contributed by atoms with E-state index in [4.69, 9.17) is 17.2 Å². The number of hydrogen-bond acceptors (Lipinski definition) is 16. The first-order chi connectivity index (χ1) is 35.8. The highest BCUT2D eigenvalue weighted by Crippen LogP contribution is 2.15. The maximum absolute atomic E-state index is 13.9. The van der Waals surface area contributed by atoms with Crippen LogP contribution in [0, 0.1) is 0 Å². The molecule has 0 aliphatic carbocycles. The van der Waals surface area contributed by atoms with E-state index in [1.165, 1.54) is 79.7 Å². The Labute approximate surface area is 434 Å². The lowest BCUT2D eigenvalue weighted by Crippen LogP contribution is -2.60. The van der Waals surface area contributed by atoms with Crippen molar-refractivity contribution in [1.82, 2.24) is 42.5 Å². The van der Waals surface area contributed by atoms with Gasteiger partial charge in [-0.1, -0.05) is 36.4 Å². The van der Waals surface area contributed by atoms with Gasteiger partial charge in [0.1, 0.15) is 53.5 Å². The molecule has 412 valence electrons. The number of aliphatic imine (C=N–C) groups is 1. The van der Waals surface area contributed by atoms with E-state index in [0.717, 1.165) is 6.92 Å². The summed E-state index contributed by atoms with van der Waals surface area (Å²) in [6.07, 6.45) is -3.51. The Morgan fingerprint density at radius 2 is 0.908 bits per heavy atom. The third-order valence-corrected chi connectivity index (χ3v) is 11.0. The van der Waals surface area contributed by atoms with Crippen molar-refractivity contribution in [2.75, 3.05) is 19.6 Å². The molecule has 0 saturated carbocycles. The van der Waals surface area contributed by atoms with E-state index >= 15 is 0 Å². The number of carbonyl (C=O) groups is 10. The number of aliphatic carboxylic acids is 2. The van der Waals surface area contributed by atoms with E-state index in [2.05, 4.69) is 47.5 Å². The summed E-state index contributed by atoms with van der Waals surface area (Å²) in [5.74, 6) is -11.6. The van der Waals surface area contributed by atoms with Crippen LogP contribution in [0.1, 0.15) is 49.8 Å². The maximum atomic E-state index is 13.9. The normalized spacial score (nSPS) is 13.9. The molecule has 3 aromatic rings. The summed E-state index contributed by atoms with van der Waals surface area (Å²) in [5.41, 5.74) is 17.7. The minimum Gasteiger partial charge on any atom is -0.508 e. The second kappa shape index (κ2) is 30.2. The van der Waals surface area contributed by atoms with Crippen molar-refractivity contribution in [1.29, 1.82) is 0 Å². The third kappa shape index (κ3) is 22.0. The van der Waals surface area contributed by atoms with Crippen LogP contribution in [0.3, 0.4) is 0 Å². The molecule has 0 bridgehead atoms. The minimum atomic E-state index is -1.92. The number of carboxylic acid groups (broad SMARTS) is 2. The second-order valence-electron chi connectivity index (χ2n) is 17.4. The van der Waals surface area contributed by atoms with Gasteiger partial charge in [-0.2, -0.15) is 0 Å². The molecule has 0 radical (unpaired) electrons. The molecule has 76 heavy (non-hydrogen) atoms. The molecular formula is C48H64N12O16. The largest absolute Gasteiger partial charge is 0.508 e. The SMILES string of the molecule is C[C@H](N)C(=O)N[C@@H](Cc1ccc(O)cc1)C(=O)NCC(=O)N[C@@H](CCCN=C(N)N)C(=O)NCC(=O)N[C@H](C(=O)N[C@@H](Cc1ccc(O)cc1)C(=O)N[C@@H](CC(=O)O)C(=O)N[C@@H](Cc1ccc(O)cc1)C(=O)O)[C@@H](C)O. The summed E-state index contributed by atoms with van der Waals surface area (Å²) in [4.78, 5) is 135. The number of phenols is 3. The van der Waals surface area contributed by atoms with Crippen LogP contribution in [0.4, 0.5) is 0 Å². The predicted molar refractivity (Wildman–Crippen MR) is 268 cm³/mol. The molecule has 0 unspecified atom stereocenters. The van der Waals surface area contributed by atoms with Crippen LogP contribution >= 0.6 is 0 Å². The number of amides is 8. The molecular weight excluding hydrogens is 1000 g/mol. The van der Waals surface area contributed by atoms with E-state index in [9.17, 15) is 78.6 Å². The topological polar surface area (TPSA) is 479 Å². The minimum absolute atomic E-state index is 0.00896. The van der Waals surface area contributed by atoms with E-state index in [1.807, 2.05) is 0 Å². The Morgan fingerprint density at radius 3 is 1.34 bits per heavy atom. The zero-order valence-electron chi connectivity index (χ0n) is 41.4. The molecule has 20 N–H and O–H groups in total. The highest BCUT2D eigenvalue weighted by molar-refractivity contribution is 5.98. The van der Waals surface area contributed by atoms with Gasteiger partial charge in [-0.05, 0) is 79.8 Å². The van der Waals surface area contributed by atoms with Crippen molar-refractivity contribution in [3.05, 3.63) is 89.5 Å². The van der Waals surface area contributed by atoms with Gasteiger partial charge in [0.05, 0.1) is 31.7 Å². The summed E-state index contributed by atoms with van der Waals surface area (Å²) < 4.78 is 0. The number of hydrogen-bond donors (Lipinski definition) is 17. The number of carboxylic acids is 2. The molecule has 28 nitrogen and oxygen atoms in total. The summed E-state index contributed by atoms with van der Waals surface area (Å²) in [7, 11) is 0. The molecule has 0 heterocycles. The monoisotopic (exact) mass is 1060 g/mol. The van der Waals surface area contributed by atoms with E-state index in [1.54, 1.807) is 0 Å². The standard InChI is InChI=1S/C48H64N12O16/c1-24(49)41(69)56-33(18-26-5-11-29(62)12-6-26)43(71)54-22-37(65)55-32(4-3-17-52-48(50)51)42(70)53-23-38(66)60-40(25(2)61)46(74)58-34(19-27-7-13-30(63)14-8-27)44(72)57-35(21-39(67)68)45(73)59-36(47(75)76)20-28-9-15-31(64)16-10-28/h5-16,24-25,32-36,40,61-64H,3-4,17-23,49H2,1-2H3,(H,53,70)(H,54,71)(H,55,65)(H,56,69)(H,57,72)(H,58,74)(H,59,73)(H,60,66)(H,67,68)(H,75,76)(H4,50,51,52)/t24-,25+,32-,33-,34-,35-,36-,40-/m0/s1. The van der Waals surface area contributed by atoms with Gasteiger partial charge in [-0.3, -0.25) is 48.1 Å². The smallest absolute Gasteiger partial charge is 0.326 e. The van der Waals surface area contributed by atoms with E-state index in [-0.39, 0.29) is 61.9 Å². The van der Waals surface area contributed by atoms with E-state index < -0.39 is 127 Å². The Kier molecular flexibility index (Phi) is 24.4. The predicted octanol–water partition coefficient (Wildman–Crippen LogP) is -4.69. The molecule has 8 amide bonds. The molecule has 0 saturated heterocycles. The van der Waals surface area contributed by atoms with Gasteiger partial charge in [0, 0.05) is 25.8 Å². The number of phenolic OH excluding ortho intramolecular Hbond substituents is 3. The van der Waals surface area contributed by atoms with Crippen molar-refractivity contribution in [3.8, 4) is 17.2 Å². The number of carbonyl (C=O) groups excluding carboxylic acids is 8. The first-order valence-electron chi connectivity index (χ1n) is 23.4. The van der Waals surface area contributed by atoms with Crippen LogP contribution in [0.2, 0.25) is 0 Å². The molecule has 0 spiro atoms. The van der Waals surface area contributed by atoms with Crippen LogP contribution in [0.15, 0.2) is 77.8 Å². The Balaban J connectivity index is 1.75. The van der Waals surface area contributed by atoms with Crippen LogP contribution in [0.25, 0.3) is 0 Å². The van der Waals surface area contributed by atoms with Crippen LogP contribution in [-0.2, 0) is 67.2 Å². The molecule has 0 aromatic heterocycles. The number of guanidine groups is 1. The fourth-order valence-corrected chi connectivity index (χ4v) is 6.94. The molecule has 28 heteroatoms. The molecule has 3 rings (SSSR count). The van der Waals surface area contributed by atoms with Crippen LogP contribution < -0.4 is 59.7 Å². The fourth-order valence-electron chi connectivity index (χ4n) is 6.94. The first-order valence-corrected chi connectivity index (χ1v) is 23.4. The lowest BCUT2D eigenvalue weighted by molar-refractivity contribution is -0.143. The van der Waals surface area contributed by atoms with Gasteiger partial charge in [0.2, 0.25) is 47.3 Å². The highest BCUT2D eigenvalue weighted by atomic mass is 16.4. The third-order valence-electron chi connectivity index (χ3n) is 11.0. The molecule has 3 aromatic carbocycles. The fraction of sp³-hybridized carbons (Fsp3) is 0.396. The summed E-state index contributed by atoms with van der Waals surface area (Å²) in [6.45, 7) is 0.943. The molecule has 0 aliphatic rings. The maximum Gasteiger partial charge on any atom is 0.326 e. The second-order valence-corrected chi connectivity index (χ2v) is 17.4. The van der Waals surface area contributed by atoms with Crippen LogP contribution in [-0.4, -0.2) is 164 Å². The number of nitrogens with two attached hydrogens (primary N) is 3. The summed E-state index contributed by atoms with van der Waals surface area (Å²) >= 11 is 0. The molecule has 0 aliphatic heterocycles. The first kappa shape index (κ1) is 61.3. The van der Waals surface area contributed by atoms with Crippen molar-refractivity contribution in [2.24, 2.45) is 22.2 Å². The van der Waals surface area contributed by atoms with Gasteiger partial charge < -0.3 is 90.4 Å². The van der Waals surface area contributed by atoms with Gasteiger partial charge in [0.25, 0.3) is 0 Å². The Hall–Kier alpha value is -9.05. The number of aliphatic hydroxyl groups is 1. The van der Waals surface area contributed by atoms with Crippen LogP contribution in [0.5, 0.6) is 17.2 Å². The number of benzene rings is 3. The van der Waals surface area contributed by atoms with Gasteiger partial charge in [-0.25, -0.2) is 4.79 Å². The number of aliphatic hydroxyl groups excluding tert-OH is 1. The lowest BCUT2D eigenvalue weighted by atomic mass is 10.0. The van der Waals surface area contributed by atoms with E-state index in [0.29, 0.717) is 16.7 Å². The number of nitrogens with one attached hydrogen (secondary N) is 8. The number of rotatable bonds is 30. The average Bonchev–Trinajstić information content (AvgIpc) is 3.35. The van der Waals surface area contributed by atoms with Gasteiger partial charge in [0.15, 0.2) is 5.96 Å². The molecule has 8 atom stereocenters. The van der Waals surface area contributed by atoms with Gasteiger partial charge >= 0.3 is 11.9 Å². The summed E-state index contributed by atoms with van der Waals surface area (Å²) in [6, 6.07) is 5.68. The molecule has 0 fully saturated rings. The summed E-state index contributed by atoms with van der Waals surface area (Å²) in [5, 5.41) is 77.8. The van der Waals surface area contributed by atoms with Crippen molar-refractivity contribution < 1.29 is 78.6 Å². The Bertz CT molecular complexity index is 2540. The van der Waals surface area contributed by atoms with Gasteiger partial charge in [-0.15, -0.1) is 0 Å². The van der Waals surface area contributed by atoms with Crippen molar-refractivity contribution in [2.45, 2.75) is 101 Å². The number of aromatic hydroxyl groups is 3. The zero-order chi connectivity index (χ0) is 56.6. The quantitative estimate of drug-likeness (QED) is 0.0169. The van der Waals surface area contributed by atoms with Crippen molar-refractivity contribution in [3.63, 3.8) is 0 Å². The average molecular weight is 1070 g/mol. The zero-order valence-corrected chi connectivity index (χ0v) is 41.4. The van der Waals surface area contributed by atoms with Crippen molar-refractivity contribution >= 4 is 65.2 Å². The lowest BCUT2D eigenvalue weighted by Gasteiger charge is -2.27. The highest BCUT2D eigenvalue weighted by Gasteiger charge is 2.34. The Morgan fingerprint density at radius 1 is 0.513 bits per heavy atom.